The fourth-order valence-electron chi connectivity index (χ4n) is 8.43. The van der Waals surface area contributed by atoms with Crippen LogP contribution in [0.15, 0.2) is 12.2 Å². The molecule has 2 saturated carbocycles. The Labute approximate surface area is 236 Å². The Balaban J connectivity index is 1.21. The maximum atomic E-state index is 13.2. The number of hydrogen-bond donors (Lipinski definition) is 2. The van der Waals surface area contributed by atoms with Crippen molar-refractivity contribution < 1.29 is 43.5 Å². The number of unbranched alkanes of at least 4 members (excludes halogenated alkanes) is 8. The van der Waals surface area contributed by atoms with Crippen LogP contribution in [0.4, 0.5) is 0 Å². The second-order valence-electron chi connectivity index (χ2n) is 13.1. The molecule has 224 valence electrons. The van der Waals surface area contributed by atoms with Gasteiger partial charge in [-0.2, -0.15) is 0 Å². The topological polar surface area (TPSA) is 132 Å². The lowest BCUT2D eigenvalue weighted by Gasteiger charge is -2.57. The van der Waals surface area contributed by atoms with Crippen LogP contribution in [0.1, 0.15) is 98.3 Å². The molecule has 0 aromatic heterocycles. The Morgan fingerprint density at radius 2 is 1.70 bits per heavy atom. The van der Waals surface area contributed by atoms with Crippen LogP contribution in [0, 0.1) is 23.2 Å². The number of carbonyl (C=O) groups is 3. The third-order valence-corrected chi connectivity index (χ3v) is 10.7. The molecule has 9 heteroatoms. The van der Waals surface area contributed by atoms with Crippen molar-refractivity contribution in [1.29, 1.82) is 0 Å². The zero-order valence-corrected chi connectivity index (χ0v) is 24.4. The highest BCUT2D eigenvalue weighted by molar-refractivity contribution is 5.81. The van der Waals surface area contributed by atoms with Crippen molar-refractivity contribution in [2.24, 2.45) is 23.2 Å². The summed E-state index contributed by atoms with van der Waals surface area (Å²) in [7, 11) is 0. The molecule has 0 radical (unpaired) electrons. The molecule has 5 fully saturated rings. The molecule has 3 saturated heterocycles. The highest BCUT2D eigenvalue weighted by Crippen LogP contribution is 2.75. The lowest BCUT2D eigenvalue weighted by atomic mass is 9.50. The first-order valence-electron chi connectivity index (χ1n) is 15.3. The Kier molecular flexibility index (Phi) is 7.90. The van der Waals surface area contributed by atoms with Gasteiger partial charge in [0.15, 0.2) is 5.60 Å². The van der Waals surface area contributed by atoms with Crippen molar-refractivity contribution in [3.05, 3.63) is 12.2 Å². The maximum Gasteiger partial charge on any atom is 0.313 e. The van der Waals surface area contributed by atoms with Gasteiger partial charge in [0.1, 0.15) is 36.1 Å². The number of rotatable bonds is 13. The minimum Gasteiger partial charge on any atom is -0.462 e. The van der Waals surface area contributed by atoms with E-state index in [1.54, 1.807) is 20.8 Å². The average Bonchev–Trinajstić information content (AvgIpc) is 3.50. The van der Waals surface area contributed by atoms with E-state index in [4.69, 9.17) is 18.9 Å². The largest absolute Gasteiger partial charge is 0.462 e. The minimum absolute atomic E-state index is 0.0979. The van der Waals surface area contributed by atoms with Crippen LogP contribution in [-0.4, -0.2) is 69.8 Å². The predicted molar refractivity (Wildman–Crippen MR) is 144 cm³/mol. The molecule has 5 rings (SSSR count). The third kappa shape index (κ3) is 4.17. The van der Waals surface area contributed by atoms with Crippen LogP contribution in [-0.2, 0) is 33.3 Å². The molecule has 5 aliphatic rings. The molecule has 3 heterocycles. The normalized spacial score (nSPS) is 43.2. The summed E-state index contributed by atoms with van der Waals surface area (Å²) in [6, 6.07) is 0. The molecule has 3 aliphatic heterocycles. The van der Waals surface area contributed by atoms with Crippen LogP contribution < -0.4 is 0 Å². The number of fused-ring (bicyclic) bond motifs is 8. The van der Waals surface area contributed by atoms with E-state index in [1.807, 2.05) is 0 Å². The SMILES string of the molecule is C=C(C)C1C2OC(=O)C1C1(O)C3OC3C3(CC(C(C)OC(=O)CCCCCCCCCCC)C(=O)O3)C1(C)C2O. The first kappa shape index (κ1) is 29.5. The van der Waals surface area contributed by atoms with E-state index >= 15 is 0 Å². The van der Waals surface area contributed by atoms with Crippen LogP contribution in [0.5, 0.6) is 0 Å². The Hall–Kier alpha value is -1.97. The van der Waals surface area contributed by atoms with Crippen molar-refractivity contribution in [1.82, 2.24) is 0 Å². The van der Waals surface area contributed by atoms with Gasteiger partial charge < -0.3 is 29.2 Å². The van der Waals surface area contributed by atoms with Gasteiger partial charge in [-0.05, 0) is 20.3 Å². The van der Waals surface area contributed by atoms with Crippen molar-refractivity contribution in [2.45, 2.75) is 140 Å². The molecule has 2 aliphatic carbocycles. The standard InChI is InChI=1S/C31H46O9/c1-6-7-8-9-10-11-12-13-14-15-20(32)37-18(4)19-16-30(40-27(19)34)25-26(39-25)31(36)22-21(17(2)3)23(38-28(22)35)24(33)29(30,31)5/h18-19,21-26,33,36H,2,6-16H2,1,3-5H3. The number of ether oxygens (including phenoxy) is 4. The minimum atomic E-state index is -1.81. The van der Waals surface area contributed by atoms with Crippen molar-refractivity contribution in [3.63, 3.8) is 0 Å². The number of aliphatic hydroxyl groups excluding tert-OH is 1. The predicted octanol–water partition coefficient (Wildman–Crippen LogP) is 3.77. The monoisotopic (exact) mass is 562 g/mol. The number of esters is 3. The van der Waals surface area contributed by atoms with Gasteiger partial charge in [0.05, 0.1) is 17.3 Å². The third-order valence-electron chi connectivity index (χ3n) is 10.7. The van der Waals surface area contributed by atoms with Crippen LogP contribution >= 0.6 is 0 Å². The van der Waals surface area contributed by atoms with E-state index < -0.39 is 76.8 Å². The summed E-state index contributed by atoms with van der Waals surface area (Å²) in [6.07, 6.45) is 6.28. The maximum absolute atomic E-state index is 13.2. The molecule has 0 aromatic carbocycles. The van der Waals surface area contributed by atoms with Crippen molar-refractivity contribution in [3.8, 4) is 0 Å². The molecule has 11 unspecified atom stereocenters. The number of carbonyl (C=O) groups excluding carboxylic acids is 3. The van der Waals surface area contributed by atoms with Gasteiger partial charge in [0.25, 0.3) is 0 Å². The first-order valence-corrected chi connectivity index (χ1v) is 15.3. The average molecular weight is 563 g/mol. The fraction of sp³-hybridized carbons (Fsp3) is 0.839. The lowest BCUT2D eigenvalue weighted by Crippen LogP contribution is -2.72. The first-order chi connectivity index (χ1) is 19.0. The number of aliphatic hydroxyl groups is 2. The highest BCUT2D eigenvalue weighted by Gasteiger charge is 2.93. The van der Waals surface area contributed by atoms with Gasteiger partial charge in [-0.1, -0.05) is 77.4 Å². The van der Waals surface area contributed by atoms with Crippen molar-refractivity contribution >= 4 is 17.9 Å². The summed E-state index contributed by atoms with van der Waals surface area (Å²) in [5.74, 6) is -3.85. The molecule has 2 bridgehead atoms. The summed E-state index contributed by atoms with van der Waals surface area (Å²) >= 11 is 0. The summed E-state index contributed by atoms with van der Waals surface area (Å²) in [4.78, 5) is 38.8. The zero-order chi connectivity index (χ0) is 29.0. The van der Waals surface area contributed by atoms with Gasteiger partial charge in [0.2, 0.25) is 0 Å². The summed E-state index contributed by atoms with van der Waals surface area (Å²) in [6.45, 7) is 11.3. The van der Waals surface area contributed by atoms with E-state index in [0.29, 0.717) is 12.0 Å². The van der Waals surface area contributed by atoms with Crippen LogP contribution in [0.2, 0.25) is 0 Å². The van der Waals surface area contributed by atoms with Crippen molar-refractivity contribution in [2.75, 3.05) is 0 Å². The van der Waals surface area contributed by atoms with E-state index in [9.17, 15) is 24.6 Å². The molecule has 1 spiro atoms. The van der Waals surface area contributed by atoms with E-state index in [2.05, 4.69) is 13.5 Å². The van der Waals surface area contributed by atoms with E-state index in [1.165, 1.54) is 38.5 Å². The van der Waals surface area contributed by atoms with E-state index in [-0.39, 0.29) is 12.4 Å². The Bertz CT molecular complexity index is 1040. The Morgan fingerprint density at radius 3 is 2.33 bits per heavy atom. The second kappa shape index (κ2) is 10.7. The smallest absolute Gasteiger partial charge is 0.313 e. The molecule has 9 nitrogen and oxygen atoms in total. The molecule has 0 aromatic rings. The van der Waals surface area contributed by atoms with Crippen LogP contribution in [0.25, 0.3) is 0 Å². The molecule has 11 atom stereocenters. The van der Waals surface area contributed by atoms with Gasteiger partial charge in [0, 0.05) is 18.8 Å². The highest BCUT2D eigenvalue weighted by atomic mass is 16.7. The van der Waals surface area contributed by atoms with Gasteiger partial charge in [-0.25, -0.2) is 0 Å². The number of epoxide rings is 1. The molecular formula is C31H46O9. The summed E-state index contributed by atoms with van der Waals surface area (Å²) < 4.78 is 23.2. The Morgan fingerprint density at radius 1 is 1.07 bits per heavy atom. The zero-order valence-electron chi connectivity index (χ0n) is 24.4. The molecule has 40 heavy (non-hydrogen) atoms. The molecular weight excluding hydrogens is 516 g/mol. The van der Waals surface area contributed by atoms with Crippen LogP contribution in [0.3, 0.4) is 0 Å². The van der Waals surface area contributed by atoms with Gasteiger partial charge in [-0.3, -0.25) is 14.4 Å². The molecule has 0 amide bonds. The summed E-state index contributed by atoms with van der Waals surface area (Å²) in [5.41, 5.74) is -3.99. The lowest BCUT2D eigenvalue weighted by molar-refractivity contribution is -0.272. The molecule has 2 N–H and O–H groups in total. The fourth-order valence-corrected chi connectivity index (χ4v) is 8.43. The quantitative estimate of drug-likeness (QED) is 0.113. The summed E-state index contributed by atoms with van der Waals surface area (Å²) in [5, 5.41) is 23.9. The van der Waals surface area contributed by atoms with Gasteiger partial charge in [-0.15, -0.1) is 0 Å². The number of hydrogen-bond acceptors (Lipinski definition) is 9. The van der Waals surface area contributed by atoms with Gasteiger partial charge >= 0.3 is 17.9 Å². The second-order valence-corrected chi connectivity index (χ2v) is 13.1. The van der Waals surface area contributed by atoms with E-state index in [0.717, 1.165) is 19.3 Å².